The van der Waals surface area contributed by atoms with Gasteiger partial charge in [-0.25, -0.2) is 4.98 Å². The summed E-state index contributed by atoms with van der Waals surface area (Å²) in [6.07, 6.45) is 4.92. The number of aromatic nitrogens is 2. The standard InChI is InChI=1S/C13H16ClN3O/c1-13(4-5-18-9-13)15-6-11-8-17-7-10(14)2-3-12(17)16-11/h2-3,7-8,15H,4-6,9H2,1H3. The molecular formula is C13H16ClN3O. The molecule has 0 aliphatic carbocycles. The van der Waals surface area contributed by atoms with E-state index >= 15 is 0 Å². The molecule has 4 nitrogen and oxygen atoms in total. The zero-order chi connectivity index (χ0) is 12.6. The van der Waals surface area contributed by atoms with Gasteiger partial charge in [0, 0.05) is 31.1 Å². The predicted octanol–water partition coefficient (Wildman–Crippen LogP) is 2.26. The molecule has 0 amide bonds. The van der Waals surface area contributed by atoms with Gasteiger partial charge in [-0.3, -0.25) is 0 Å². The second kappa shape index (κ2) is 4.53. The topological polar surface area (TPSA) is 38.6 Å². The molecule has 1 aliphatic rings. The molecule has 2 aromatic rings. The summed E-state index contributed by atoms with van der Waals surface area (Å²) in [6, 6.07) is 3.78. The fraction of sp³-hybridized carbons (Fsp3) is 0.462. The molecule has 3 rings (SSSR count). The Morgan fingerprint density at radius 1 is 1.50 bits per heavy atom. The Labute approximate surface area is 111 Å². The van der Waals surface area contributed by atoms with Crippen molar-refractivity contribution >= 4 is 17.2 Å². The molecule has 3 heterocycles. The van der Waals surface area contributed by atoms with E-state index in [1.807, 2.05) is 28.9 Å². The van der Waals surface area contributed by atoms with Crippen LogP contribution in [-0.4, -0.2) is 28.1 Å². The number of nitrogens with zero attached hydrogens (tertiary/aromatic N) is 2. The van der Waals surface area contributed by atoms with Crippen LogP contribution in [-0.2, 0) is 11.3 Å². The third-order valence-electron chi connectivity index (χ3n) is 3.38. The maximum absolute atomic E-state index is 5.95. The van der Waals surface area contributed by atoms with Crippen LogP contribution < -0.4 is 5.32 Å². The summed E-state index contributed by atoms with van der Waals surface area (Å²) in [4.78, 5) is 4.55. The average molecular weight is 266 g/mol. The molecule has 1 unspecified atom stereocenters. The zero-order valence-corrected chi connectivity index (χ0v) is 11.1. The lowest BCUT2D eigenvalue weighted by molar-refractivity contribution is 0.171. The number of pyridine rings is 1. The highest BCUT2D eigenvalue weighted by Gasteiger charge is 2.28. The van der Waals surface area contributed by atoms with E-state index in [9.17, 15) is 0 Å². The van der Waals surface area contributed by atoms with E-state index in [0.717, 1.165) is 42.5 Å². The highest BCUT2D eigenvalue weighted by molar-refractivity contribution is 6.30. The number of hydrogen-bond donors (Lipinski definition) is 1. The molecule has 1 fully saturated rings. The molecule has 96 valence electrons. The van der Waals surface area contributed by atoms with Crippen molar-refractivity contribution in [3.63, 3.8) is 0 Å². The van der Waals surface area contributed by atoms with E-state index in [0.29, 0.717) is 0 Å². The molecule has 5 heteroatoms. The van der Waals surface area contributed by atoms with Crippen molar-refractivity contribution < 1.29 is 4.74 Å². The Bertz CT molecular complexity index is 560. The molecular weight excluding hydrogens is 250 g/mol. The van der Waals surface area contributed by atoms with Gasteiger partial charge >= 0.3 is 0 Å². The van der Waals surface area contributed by atoms with Crippen molar-refractivity contribution in [2.24, 2.45) is 0 Å². The number of nitrogens with one attached hydrogen (secondary N) is 1. The first-order chi connectivity index (χ1) is 8.65. The Hall–Kier alpha value is -1.10. The minimum atomic E-state index is 0.0768. The SMILES string of the molecule is CC1(NCc2cn3cc(Cl)ccc3n2)CCOC1. The van der Waals surface area contributed by atoms with E-state index < -0.39 is 0 Å². The van der Waals surface area contributed by atoms with Gasteiger partial charge in [0.25, 0.3) is 0 Å². The number of fused-ring (bicyclic) bond motifs is 1. The highest BCUT2D eigenvalue weighted by atomic mass is 35.5. The average Bonchev–Trinajstić information content (AvgIpc) is 2.93. The molecule has 0 bridgehead atoms. The van der Waals surface area contributed by atoms with Crippen LogP contribution in [0.4, 0.5) is 0 Å². The van der Waals surface area contributed by atoms with Gasteiger partial charge in [-0.05, 0) is 25.5 Å². The van der Waals surface area contributed by atoms with Crippen molar-refractivity contribution in [1.82, 2.24) is 14.7 Å². The summed E-state index contributed by atoms with van der Waals surface area (Å²) in [7, 11) is 0. The first-order valence-corrected chi connectivity index (χ1v) is 6.48. The number of rotatable bonds is 3. The Morgan fingerprint density at radius 2 is 2.39 bits per heavy atom. The van der Waals surface area contributed by atoms with Gasteiger partial charge in [-0.2, -0.15) is 0 Å². The summed E-state index contributed by atoms with van der Waals surface area (Å²) >= 11 is 5.95. The molecule has 0 saturated carbocycles. The first-order valence-electron chi connectivity index (χ1n) is 6.11. The first kappa shape index (κ1) is 12.0. The van der Waals surface area contributed by atoms with Crippen LogP contribution in [0, 0.1) is 0 Å². The van der Waals surface area contributed by atoms with Crippen molar-refractivity contribution in [3.05, 3.63) is 35.2 Å². The molecule has 18 heavy (non-hydrogen) atoms. The van der Waals surface area contributed by atoms with Crippen molar-refractivity contribution in [2.45, 2.75) is 25.4 Å². The van der Waals surface area contributed by atoms with Gasteiger partial charge in [0.2, 0.25) is 0 Å². The third-order valence-corrected chi connectivity index (χ3v) is 3.60. The summed E-state index contributed by atoms with van der Waals surface area (Å²) in [5.74, 6) is 0. The largest absolute Gasteiger partial charge is 0.379 e. The minimum absolute atomic E-state index is 0.0768. The van der Waals surface area contributed by atoms with Crippen molar-refractivity contribution in [1.29, 1.82) is 0 Å². The smallest absolute Gasteiger partial charge is 0.137 e. The summed E-state index contributed by atoms with van der Waals surface area (Å²) in [5, 5.41) is 4.23. The van der Waals surface area contributed by atoms with Crippen LogP contribution in [0.2, 0.25) is 5.02 Å². The molecule has 0 radical (unpaired) electrons. The normalized spacial score (nSPS) is 23.9. The second-order valence-electron chi connectivity index (χ2n) is 5.06. The minimum Gasteiger partial charge on any atom is -0.379 e. The van der Waals surface area contributed by atoms with Crippen LogP contribution in [0.15, 0.2) is 24.5 Å². The van der Waals surface area contributed by atoms with E-state index in [1.54, 1.807) is 0 Å². The fourth-order valence-corrected chi connectivity index (χ4v) is 2.38. The Morgan fingerprint density at radius 3 is 3.17 bits per heavy atom. The Balaban J connectivity index is 1.74. The highest BCUT2D eigenvalue weighted by Crippen LogP contribution is 2.18. The van der Waals surface area contributed by atoms with Gasteiger partial charge in [0.15, 0.2) is 0 Å². The maximum atomic E-state index is 5.95. The zero-order valence-electron chi connectivity index (χ0n) is 10.3. The van der Waals surface area contributed by atoms with E-state index in [1.165, 1.54) is 0 Å². The van der Waals surface area contributed by atoms with E-state index in [2.05, 4.69) is 17.2 Å². The van der Waals surface area contributed by atoms with Gasteiger partial charge in [0.1, 0.15) is 5.65 Å². The lowest BCUT2D eigenvalue weighted by Crippen LogP contribution is -2.42. The molecule has 1 aliphatic heterocycles. The number of halogens is 1. The number of ether oxygens (including phenoxy) is 1. The van der Waals surface area contributed by atoms with Crippen LogP contribution in [0.5, 0.6) is 0 Å². The van der Waals surface area contributed by atoms with Crippen LogP contribution in [0.25, 0.3) is 5.65 Å². The van der Waals surface area contributed by atoms with Crippen LogP contribution >= 0.6 is 11.6 Å². The summed E-state index contributed by atoms with van der Waals surface area (Å²) < 4.78 is 7.37. The lowest BCUT2D eigenvalue weighted by Gasteiger charge is -2.22. The van der Waals surface area contributed by atoms with Crippen LogP contribution in [0.1, 0.15) is 19.0 Å². The number of imidazole rings is 1. The van der Waals surface area contributed by atoms with Gasteiger partial charge in [-0.15, -0.1) is 0 Å². The molecule has 0 spiro atoms. The second-order valence-corrected chi connectivity index (χ2v) is 5.50. The third kappa shape index (κ3) is 2.36. The summed E-state index contributed by atoms with van der Waals surface area (Å²) in [5.41, 5.74) is 2.02. The van der Waals surface area contributed by atoms with Crippen LogP contribution in [0.3, 0.4) is 0 Å². The van der Waals surface area contributed by atoms with E-state index in [4.69, 9.17) is 16.3 Å². The van der Waals surface area contributed by atoms with Crippen molar-refractivity contribution in [2.75, 3.05) is 13.2 Å². The number of hydrogen-bond acceptors (Lipinski definition) is 3. The monoisotopic (exact) mass is 265 g/mol. The van der Waals surface area contributed by atoms with E-state index in [-0.39, 0.29) is 5.54 Å². The van der Waals surface area contributed by atoms with Crippen molar-refractivity contribution in [3.8, 4) is 0 Å². The molecule has 0 aromatic carbocycles. The predicted molar refractivity (Wildman–Crippen MR) is 70.9 cm³/mol. The van der Waals surface area contributed by atoms with Gasteiger partial charge in [0.05, 0.1) is 17.3 Å². The van der Waals surface area contributed by atoms with Gasteiger partial charge in [-0.1, -0.05) is 11.6 Å². The maximum Gasteiger partial charge on any atom is 0.137 e. The lowest BCUT2D eigenvalue weighted by atomic mass is 10.0. The quantitative estimate of drug-likeness (QED) is 0.925. The summed E-state index contributed by atoms with van der Waals surface area (Å²) in [6.45, 7) is 4.54. The molecule has 1 saturated heterocycles. The van der Waals surface area contributed by atoms with Gasteiger partial charge < -0.3 is 14.5 Å². The molecule has 1 N–H and O–H groups in total. The molecule has 1 atom stereocenters. The molecule has 2 aromatic heterocycles. The Kier molecular flexibility index (Phi) is 3.01. The fourth-order valence-electron chi connectivity index (χ4n) is 2.21.